The molecule has 0 saturated heterocycles. The lowest BCUT2D eigenvalue weighted by molar-refractivity contribution is 0.459. The minimum Gasteiger partial charge on any atom is -0.493 e. The molecule has 12 heteroatoms. The first-order valence-corrected chi connectivity index (χ1v) is 11.2. The predicted molar refractivity (Wildman–Crippen MR) is 133 cm³/mol. The van der Waals surface area contributed by atoms with Crippen molar-refractivity contribution in [2.45, 2.75) is 6.54 Å². The second kappa shape index (κ2) is 8.26. The molecule has 0 aliphatic carbocycles. The predicted octanol–water partition coefficient (Wildman–Crippen LogP) is 4.50. The van der Waals surface area contributed by atoms with Crippen LogP contribution in [0.15, 0.2) is 66.8 Å². The maximum absolute atomic E-state index is 13.2. The number of nitrogens with one attached hydrogen (secondary N) is 1. The van der Waals surface area contributed by atoms with Crippen LogP contribution in [0.25, 0.3) is 22.1 Å². The average Bonchev–Trinajstić information content (AvgIpc) is 3.30. The maximum Gasteiger partial charge on any atom is 0.332 e. The van der Waals surface area contributed by atoms with Gasteiger partial charge in [-0.15, -0.1) is 10.2 Å². The molecule has 0 bridgehead atoms. The summed E-state index contributed by atoms with van der Waals surface area (Å²) >= 11 is 9.34. The summed E-state index contributed by atoms with van der Waals surface area (Å²) < 4.78 is 4.72. The van der Waals surface area contributed by atoms with Crippen LogP contribution in [0.2, 0.25) is 5.02 Å². The molecule has 0 fully saturated rings. The summed E-state index contributed by atoms with van der Waals surface area (Å²) in [5.74, 6) is -0.0385. The van der Waals surface area contributed by atoms with Gasteiger partial charge in [0, 0.05) is 29.0 Å². The molecule has 0 saturated carbocycles. The van der Waals surface area contributed by atoms with Gasteiger partial charge in [0.1, 0.15) is 0 Å². The van der Waals surface area contributed by atoms with Gasteiger partial charge in [-0.05, 0) is 35.9 Å². The van der Waals surface area contributed by atoms with Crippen molar-refractivity contribution >= 4 is 61.2 Å². The summed E-state index contributed by atoms with van der Waals surface area (Å²) in [6, 6.07) is 12.3. The summed E-state index contributed by atoms with van der Waals surface area (Å²) in [4.78, 5) is 33.4. The monoisotopic (exact) mass is 541 g/mol. The van der Waals surface area contributed by atoms with E-state index in [4.69, 9.17) is 11.6 Å². The lowest BCUT2D eigenvalue weighted by Gasteiger charge is -2.08. The molecule has 0 aliphatic rings. The van der Waals surface area contributed by atoms with E-state index in [1.54, 1.807) is 50.5 Å². The SMILES string of the molecule is Cn1c(N=Nc2c(O)[nH]c3ccc(Br)cc23)nc2c1c(=O)n(Cc1ccc(Cl)cc1)c(=O)n2C. The van der Waals surface area contributed by atoms with Gasteiger partial charge in [-0.1, -0.05) is 39.7 Å². The highest BCUT2D eigenvalue weighted by molar-refractivity contribution is 9.10. The lowest BCUT2D eigenvalue weighted by atomic mass is 10.2. The van der Waals surface area contributed by atoms with E-state index in [-0.39, 0.29) is 35.2 Å². The van der Waals surface area contributed by atoms with Crippen LogP contribution in [-0.4, -0.2) is 28.8 Å². The van der Waals surface area contributed by atoms with E-state index in [1.165, 1.54) is 9.13 Å². The van der Waals surface area contributed by atoms with Crippen molar-refractivity contribution in [3.05, 3.63) is 78.4 Å². The van der Waals surface area contributed by atoms with Gasteiger partial charge in [0.25, 0.3) is 11.5 Å². The third-order valence-electron chi connectivity index (χ3n) is 5.54. The van der Waals surface area contributed by atoms with Crippen molar-refractivity contribution in [1.82, 2.24) is 23.7 Å². The van der Waals surface area contributed by atoms with Gasteiger partial charge < -0.3 is 14.7 Å². The number of benzene rings is 2. The minimum atomic E-state index is -0.506. The molecule has 2 N–H and O–H groups in total. The molecule has 3 aromatic heterocycles. The van der Waals surface area contributed by atoms with Gasteiger partial charge in [-0.2, -0.15) is 4.98 Å². The standard InChI is InChI=1S/C22H17BrClN7O3/c1-29-17-18(30(2)22(34)31(20(17)33)10-11-3-6-13(24)7-4-11)26-21(29)28-27-16-14-9-12(23)5-8-15(14)25-19(16)32/h3-9,25,32H,10H2,1-2H3. The van der Waals surface area contributed by atoms with E-state index in [2.05, 4.69) is 36.1 Å². The molecule has 5 rings (SSSR count). The number of rotatable bonds is 4. The molecular weight excluding hydrogens is 526 g/mol. The topological polar surface area (TPSA) is 123 Å². The van der Waals surface area contributed by atoms with Crippen LogP contribution < -0.4 is 11.2 Å². The zero-order valence-electron chi connectivity index (χ0n) is 18.0. The molecule has 0 radical (unpaired) electrons. The molecular formula is C22H17BrClN7O3. The number of aromatic nitrogens is 5. The normalized spacial score (nSPS) is 11.9. The van der Waals surface area contributed by atoms with Crippen LogP contribution in [0.1, 0.15) is 5.56 Å². The first-order chi connectivity index (χ1) is 16.2. The van der Waals surface area contributed by atoms with Gasteiger partial charge in [0.15, 0.2) is 16.9 Å². The number of aromatic hydroxyl groups is 1. The van der Waals surface area contributed by atoms with E-state index >= 15 is 0 Å². The third-order valence-corrected chi connectivity index (χ3v) is 6.29. The van der Waals surface area contributed by atoms with Gasteiger partial charge in [0.05, 0.1) is 12.1 Å². The number of aryl methyl sites for hydroxylation is 2. The second-order valence-corrected chi connectivity index (χ2v) is 9.07. The zero-order chi connectivity index (χ0) is 24.1. The largest absolute Gasteiger partial charge is 0.493 e. The van der Waals surface area contributed by atoms with Crippen molar-refractivity contribution in [3.63, 3.8) is 0 Å². The molecule has 0 aliphatic heterocycles. The smallest absolute Gasteiger partial charge is 0.332 e. The van der Waals surface area contributed by atoms with Crippen LogP contribution in [0.3, 0.4) is 0 Å². The molecule has 0 atom stereocenters. The number of hydrogen-bond acceptors (Lipinski definition) is 6. The number of hydrogen-bond donors (Lipinski definition) is 2. The Kier molecular flexibility index (Phi) is 5.37. The Morgan fingerprint density at radius 1 is 1.09 bits per heavy atom. The highest BCUT2D eigenvalue weighted by Gasteiger charge is 2.19. The Morgan fingerprint density at radius 2 is 1.82 bits per heavy atom. The Hall–Kier alpha value is -3.70. The molecule has 3 heterocycles. The molecule has 5 aromatic rings. The third kappa shape index (κ3) is 3.62. The number of nitrogens with zero attached hydrogens (tertiary/aromatic N) is 6. The Balaban J connectivity index is 1.62. The summed E-state index contributed by atoms with van der Waals surface area (Å²) in [5, 5.41) is 19.8. The van der Waals surface area contributed by atoms with Crippen molar-refractivity contribution in [1.29, 1.82) is 0 Å². The number of fused-ring (bicyclic) bond motifs is 2. The number of halogens is 2. The summed E-state index contributed by atoms with van der Waals surface area (Å²) in [6.45, 7) is 0.0821. The molecule has 10 nitrogen and oxygen atoms in total. The number of imidazole rings is 1. The lowest BCUT2D eigenvalue weighted by Crippen LogP contribution is -2.39. The second-order valence-electron chi connectivity index (χ2n) is 7.71. The summed E-state index contributed by atoms with van der Waals surface area (Å²) in [7, 11) is 3.16. The van der Waals surface area contributed by atoms with Crippen molar-refractivity contribution in [2.75, 3.05) is 0 Å². The van der Waals surface area contributed by atoms with Crippen LogP contribution in [0, 0.1) is 0 Å². The highest BCUT2D eigenvalue weighted by atomic mass is 79.9. The van der Waals surface area contributed by atoms with Crippen LogP contribution in [-0.2, 0) is 20.6 Å². The Morgan fingerprint density at radius 3 is 2.56 bits per heavy atom. The van der Waals surface area contributed by atoms with Crippen LogP contribution in [0.4, 0.5) is 11.6 Å². The van der Waals surface area contributed by atoms with Crippen LogP contribution >= 0.6 is 27.5 Å². The molecule has 0 spiro atoms. The Labute approximate surface area is 204 Å². The van der Waals surface area contributed by atoms with E-state index in [0.717, 1.165) is 14.6 Å². The molecule has 0 amide bonds. The van der Waals surface area contributed by atoms with Gasteiger partial charge in [-0.3, -0.25) is 13.9 Å². The van der Waals surface area contributed by atoms with E-state index < -0.39 is 11.2 Å². The first-order valence-electron chi connectivity index (χ1n) is 10.1. The fourth-order valence-electron chi connectivity index (χ4n) is 3.76. The van der Waals surface area contributed by atoms with E-state index in [1.807, 2.05) is 6.07 Å². The molecule has 2 aromatic carbocycles. The van der Waals surface area contributed by atoms with E-state index in [0.29, 0.717) is 15.9 Å². The van der Waals surface area contributed by atoms with E-state index in [9.17, 15) is 14.7 Å². The van der Waals surface area contributed by atoms with Gasteiger partial charge >= 0.3 is 5.69 Å². The average molecular weight is 543 g/mol. The molecule has 0 unspecified atom stereocenters. The molecule has 34 heavy (non-hydrogen) atoms. The number of azo groups is 1. The van der Waals surface area contributed by atoms with Crippen molar-refractivity contribution < 1.29 is 5.11 Å². The van der Waals surface area contributed by atoms with Crippen LogP contribution in [0.5, 0.6) is 5.88 Å². The summed E-state index contributed by atoms with van der Waals surface area (Å²) in [6.07, 6.45) is 0. The quantitative estimate of drug-likeness (QED) is 0.325. The highest BCUT2D eigenvalue weighted by Crippen LogP contribution is 2.37. The summed E-state index contributed by atoms with van der Waals surface area (Å²) in [5.41, 5.74) is 1.06. The zero-order valence-corrected chi connectivity index (χ0v) is 20.3. The number of aromatic amines is 1. The van der Waals surface area contributed by atoms with Gasteiger partial charge in [-0.25, -0.2) is 4.79 Å². The fourth-order valence-corrected chi connectivity index (χ4v) is 4.25. The first kappa shape index (κ1) is 22.1. The fraction of sp³-hybridized carbons (Fsp3) is 0.136. The van der Waals surface area contributed by atoms with Gasteiger partial charge in [0.2, 0.25) is 5.88 Å². The number of H-pyrrole nitrogens is 1. The van der Waals surface area contributed by atoms with Crippen molar-refractivity contribution in [2.24, 2.45) is 24.3 Å². The Bertz CT molecular complexity index is 1730. The minimum absolute atomic E-state index is 0.0821. The van der Waals surface area contributed by atoms with Crippen molar-refractivity contribution in [3.8, 4) is 5.88 Å². The maximum atomic E-state index is 13.2. The molecule has 172 valence electrons.